The van der Waals surface area contributed by atoms with E-state index in [0.29, 0.717) is 30.9 Å². The van der Waals surface area contributed by atoms with Crippen LogP contribution < -0.4 is 10.1 Å². The van der Waals surface area contributed by atoms with E-state index in [4.69, 9.17) is 16.3 Å². The summed E-state index contributed by atoms with van der Waals surface area (Å²) in [4.78, 5) is 28.5. The predicted molar refractivity (Wildman–Crippen MR) is 119 cm³/mol. The van der Waals surface area contributed by atoms with Gasteiger partial charge in [-0.3, -0.25) is 4.79 Å². The minimum Gasteiger partial charge on any atom is -0.479 e. The zero-order valence-electron chi connectivity index (χ0n) is 15.5. The number of ether oxygens (including phenoxy) is 2. The molecular formula is C20H16BrClN2O4S. The molecule has 0 radical (unpaired) electrons. The van der Waals surface area contributed by atoms with Crippen LogP contribution in [-0.2, 0) is 14.3 Å². The van der Waals surface area contributed by atoms with Crippen molar-refractivity contribution < 1.29 is 19.1 Å². The van der Waals surface area contributed by atoms with Gasteiger partial charge in [-0.25, -0.2) is 9.79 Å². The molecule has 0 saturated carbocycles. The summed E-state index contributed by atoms with van der Waals surface area (Å²) in [5.74, 6) is -0.429. The first-order valence-corrected chi connectivity index (χ1v) is 10.4. The second-order valence-corrected chi connectivity index (χ2v) is 8.29. The van der Waals surface area contributed by atoms with Gasteiger partial charge in [0.1, 0.15) is 0 Å². The lowest BCUT2D eigenvalue weighted by atomic mass is 10.2. The molecule has 6 nitrogen and oxygen atoms in total. The molecule has 2 aromatic carbocycles. The van der Waals surface area contributed by atoms with Crippen molar-refractivity contribution in [2.24, 2.45) is 4.99 Å². The maximum atomic E-state index is 12.3. The molecule has 1 N–H and O–H groups in total. The third kappa shape index (κ3) is 5.62. The van der Waals surface area contributed by atoms with Crippen LogP contribution in [0.4, 0.5) is 5.69 Å². The molecule has 1 heterocycles. The minimum absolute atomic E-state index is 0.237. The topological polar surface area (TPSA) is 77.0 Å². The number of hydrogen-bond donors (Lipinski definition) is 1. The number of thioether (sulfide) groups is 1. The summed E-state index contributed by atoms with van der Waals surface area (Å²) in [5.41, 5.74) is 2.60. The molecule has 0 atom stereocenters. The van der Waals surface area contributed by atoms with E-state index in [1.807, 2.05) is 31.2 Å². The quantitative estimate of drug-likeness (QED) is 0.474. The zero-order valence-corrected chi connectivity index (χ0v) is 18.7. The predicted octanol–water partition coefficient (Wildman–Crippen LogP) is 4.85. The highest BCUT2D eigenvalue weighted by atomic mass is 79.9. The van der Waals surface area contributed by atoms with Gasteiger partial charge in [0.25, 0.3) is 5.91 Å². The molecule has 0 aromatic heterocycles. The number of aryl methyl sites for hydroxylation is 1. The van der Waals surface area contributed by atoms with E-state index in [0.717, 1.165) is 11.3 Å². The molecule has 0 bridgehead atoms. The normalized spacial score (nSPS) is 16.2. The highest BCUT2D eigenvalue weighted by Gasteiger charge is 2.24. The van der Waals surface area contributed by atoms with Crippen LogP contribution in [0.3, 0.4) is 0 Å². The lowest BCUT2D eigenvalue weighted by molar-refractivity contribution is -0.142. The second-order valence-electron chi connectivity index (χ2n) is 6.00. The Kier molecular flexibility index (Phi) is 7.00. The number of rotatable bonds is 5. The molecule has 2 aromatic rings. The number of methoxy groups -OCH3 is 1. The Labute approximate surface area is 185 Å². The monoisotopic (exact) mass is 494 g/mol. The molecule has 3 rings (SSSR count). The van der Waals surface area contributed by atoms with Crippen molar-refractivity contribution in [3.05, 3.63) is 61.9 Å². The summed E-state index contributed by atoms with van der Waals surface area (Å²) in [6, 6.07) is 11.1. The molecule has 1 fully saturated rings. The molecule has 0 aliphatic carbocycles. The molecule has 1 saturated heterocycles. The minimum atomic E-state index is -0.515. The van der Waals surface area contributed by atoms with Crippen LogP contribution in [0.15, 0.2) is 50.8 Å². The summed E-state index contributed by atoms with van der Waals surface area (Å²) in [7, 11) is 1.28. The fourth-order valence-electron chi connectivity index (χ4n) is 2.36. The van der Waals surface area contributed by atoms with Crippen LogP contribution in [0.2, 0.25) is 5.02 Å². The van der Waals surface area contributed by atoms with Crippen LogP contribution in [0.1, 0.15) is 11.1 Å². The zero-order chi connectivity index (χ0) is 21.0. The van der Waals surface area contributed by atoms with Gasteiger partial charge in [0.15, 0.2) is 17.5 Å². The first-order valence-electron chi connectivity index (χ1n) is 8.40. The van der Waals surface area contributed by atoms with Gasteiger partial charge in [0, 0.05) is 0 Å². The van der Waals surface area contributed by atoms with Crippen molar-refractivity contribution in [2.75, 3.05) is 13.7 Å². The van der Waals surface area contributed by atoms with Gasteiger partial charge in [-0.2, -0.15) is 0 Å². The number of carbonyl (C=O) groups is 2. The summed E-state index contributed by atoms with van der Waals surface area (Å²) < 4.78 is 10.5. The summed E-state index contributed by atoms with van der Waals surface area (Å²) >= 11 is 10.9. The van der Waals surface area contributed by atoms with E-state index >= 15 is 0 Å². The lowest BCUT2D eigenvalue weighted by Crippen LogP contribution is -2.19. The average molecular weight is 496 g/mol. The molecule has 29 heavy (non-hydrogen) atoms. The molecule has 0 spiro atoms. The molecule has 150 valence electrons. The number of esters is 1. The van der Waals surface area contributed by atoms with E-state index < -0.39 is 5.97 Å². The third-order valence-electron chi connectivity index (χ3n) is 3.80. The van der Waals surface area contributed by atoms with Gasteiger partial charge in [0.2, 0.25) is 0 Å². The SMILES string of the molecule is COC(=O)COc1c(Cl)cc(/C=C2/SC(=Nc3ccc(C)cc3)NC2=O)cc1Br. The van der Waals surface area contributed by atoms with Crippen LogP contribution in [-0.4, -0.2) is 30.8 Å². The first kappa shape index (κ1) is 21.4. The number of amidine groups is 1. The van der Waals surface area contributed by atoms with E-state index in [9.17, 15) is 9.59 Å². The molecule has 9 heteroatoms. The lowest BCUT2D eigenvalue weighted by Gasteiger charge is -2.10. The second kappa shape index (κ2) is 9.47. The number of hydrogen-bond acceptors (Lipinski definition) is 6. The molecule has 1 aliphatic rings. The number of nitrogens with one attached hydrogen (secondary N) is 1. The van der Waals surface area contributed by atoms with E-state index in [2.05, 4.69) is 31.0 Å². The number of nitrogens with zero attached hydrogens (tertiary/aromatic N) is 1. The summed E-state index contributed by atoms with van der Waals surface area (Å²) in [5, 5.41) is 3.56. The van der Waals surface area contributed by atoms with Gasteiger partial charge in [-0.1, -0.05) is 29.3 Å². The van der Waals surface area contributed by atoms with Gasteiger partial charge >= 0.3 is 5.97 Å². The van der Waals surface area contributed by atoms with Crippen molar-refractivity contribution in [2.45, 2.75) is 6.92 Å². The Balaban J connectivity index is 1.78. The summed E-state index contributed by atoms with van der Waals surface area (Å²) in [6.45, 7) is 1.74. The Morgan fingerprint density at radius 2 is 2.03 bits per heavy atom. The Hall–Kier alpha value is -2.29. The van der Waals surface area contributed by atoms with Gasteiger partial charge in [-0.15, -0.1) is 0 Å². The van der Waals surface area contributed by atoms with Crippen LogP contribution in [0, 0.1) is 6.92 Å². The largest absolute Gasteiger partial charge is 0.479 e. The average Bonchev–Trinajstić information content (AvgIpc) is 3.01. The molecular weight excluding hydrogens is 480 g/mol. The fourth-order valence-corrected chi connectivity index (χ4v) is 4.19. The molecule has 1 aliphatic heterocycles. The first-order chi connectivity index (χ1) is 13.9. The fraction of sp³-hybridized carbons (Fsp3) is 0.150. The van der Waals surface area contributed by atoms with Crippen molar-refractivity contribution in [3.8, 4) is 5.75 Å². The van der Waals surface area contributed by atoms with E-state index in [-0.39, 0.29) is 12.5 Å². The van der Waals surface area contributed by atoms with Crippen LogP contribution >= 0.6 is 39.3 Å². The van der Waals surface area contributed by atoms with E-state index in [1.54, 1.807) is 18.2 Å². The van der Waals surface area contributed by atoms with Crippen molar-refractivity contribution in [1.82, 2.24) is 5.32 Å². The maximum absolute atomic E-state index is 12.3. The van der Waals surface area contributed by atoms with Crippen molar-refractivity contribution >= 4 is 68.1 Å². The van der Waals surface area contributed by atoms with Gasteiger partial charge in [0.05, 0.1) is 27.2 Å². The Morgan fingerprint density at radius 3 is 2.69 bits per heavy atom. The Morgan fingerprint density at radius 1 is 1.31 bits per heavy atom. The molecule has 0 unspecified atom stereocenters. The number of aliphatic imine (C=N–C) groups is 1. The standard InChI is InChI=1S/C20H16BrClN2O4S/c1-11-3-5-13(6-4-11)23-20-24-19(26)16(29-20)9-12-7-14(21)18(15(22)8-12)28-10-17(25)27-2/h3-9H,10H2,1-2H3,(H,23,24,26)/b16-9+. The highest BCUT2D eigenvalue weighted by molar-refractivity contribution is 9.10. The highest BCUT2D eigenvalue weighted by Crippen LogP contribution is 2.36. The maximum Gasteiger partial charge on any atom is 0.343 e. The van der Waals surface area contributed by atoms with Gasteiger partial charge in [-0.05, 0) is 70.5 Å². The number of halogens is 2. The van der Waals surface area contributed by atoms with Gasteiger partial charge < -0.3 is 14.8 Å². The van der Waals surface area contributed by atoms with Crippen molar-refractivity contribution in [1.29, 1.82) is 0 Å². The van der Waals surface area contributed by atoms with Crippen LogP contribution in [0.25, 0.3) is 6.08 Å². The smallest absolute Gasteiger partial charge is 0.343 e. The number of carbonyl (C=O) groups excluding carboxylic acids is 2. The molecule has 1 amide bonds. The van der Waals surface area contributed by atoms with Crippen molar-refractivity contribution in [3.63, 3.8) is 0 Å². The number of benzene rings is 2. The third-order valence-corrected chi connectivity index (χ3v) is 5.58. The Bertz CT molecular complexity index is 999. The number of amides is 1. The van der Waals surface area contributed by atoms with E-state index in [1.165, 1.54) is 18.9 Å². The summed E-state index contributed by atoms with van der Waals surface area (Å²) in [6.07, 6.45) is 1.71. The van der Waals surface area contributed by atoms with Crippen LogP contribution in [0.5, 0.6) is 5.75 Å².